The molecule has 0 bridgehead atoms. The summed E-state index contributed by atoms with van der Waals surface area (Å²) in [6.45, 7) is 0. The number of hydrogen-bond acceptors (Lipinski definition) is 1. The van der Waals surface area contributed by atoms with Crippen LogP contribution in [0, 0.1) is 0 Å². The van der Waals surface area contributed by atoms with E-state index in [4.69, 9.17) is 4.98 Å². The van der Waals surface area contributed by atoms with E-state index in [-0.39, 0.29) is 0 Å². The van der Waals surface area contributed by atoms with Crippen LogP contribution in [0.5, 0.6) is 0 Å². The van der Waals surface area contributed by atoms with Crippen molar-refractivity contribution in [2.24, 2.45) is 0 Å². The SMILES string of the molecule is C1=CC(P(c2ccccc2)c2ccc(-c3ccc4c(c3)c3c5ccccc5ccc3c3nc5ccccc5n43)cc2)=CCC1. The number of nitrogens with zero attached hydrogens (tertiary/aromatic N) is 2. The number of allylic oxidation sites excluding steroid dienone is 4. The summed E-state index contributed by atoms with van der Waals surface area (Å²) < 4.78 is 2.34. The molecule has 3 heteroatoms. The van der Waals surface area contributed by atoms with Crippen LogP contribution in [0.4, 0.5) is 0 Å². The zero-order chi connectivity index (χ0) is 29.0. The van der Waals surface area contributed by atoms with Gasteiger partial charge < -0.3 is 0 Å². The molecule has 0 fully saturated rings. The monoisotopic (exact) mass is 580 g/mol. The summed E-state index contributed by atoms with van der Waals surface area (Å²) in [4.78, 5) is 5.13. The number of para-hydroxylation sites is 2. The molecule has 0 N–H and O–H groups in total. The average Bonchev–Trinajstić information content (AvgIpc) is 3.49. The van der Waals surface area contributed by atoms with Crippen molar-refractivity contribution in [3.63, 3.8) is 0 Å². The fourth-order valence-corrected chi connectivity index (χ4v) is 9.28. The third kappa shape index (κ3) is 4.03. The van der Waals surface area contributed by atoms with Gasteiger partial charge >= 0.3 is 0 Å². The molecule has 0 saturated carbocycles. The molecule has 0 saturated heterocycles. The van der Waals surface area contributed by atoms with Gasteiger partial charge in [-0.3, -0.25) is 4.40 Å². The van der Waals surface area contributed by atoms with Gasteiger partial charge in [-0.15, -0.1) is 0 Å². The first-order valence-corrected chi connectivity index (χ1v) is 16.6. The second kappa shape index (κ2) is 10.3. The maximum atomic E-state index is 5.13. The van der Waals surface area contributed by atoms with Gasteiger partial charge in [0, 0.05) is 16.2 Å². The standard InChI is InChI=1S/C41H29N2P/c1-3-12-31(13-4-1)44(32-14-5-2-6-15-32)33-23-19-28(20-24-33)30-22-26-38-36(27-30)40-34-16-8-7-11-29(34)21-25-35(40)41-42-37-17-9-10-18-39(37)43(38)41/h1,3-5,7-27H,2,6H2. The van der Waals surface area contributed by atoms with E-state index in [1.807, 2.05) is 0 Å². The van der Waals surface area contributed by atoms with Crippen LogP contribution >= 0.6 is 7.92 Å². The van der Waals surface area contributed by atoms with Gasteiger partial charge in [0.25, 0.3) is 0 Å². The molecule has 0 spiro atoms. The van der Waals surface area contributed by atoms with Crippen molar-refractivity contribution in [2.45, 2.75) is 12.8 Å². The predicted molar refractivity (Wildman–Crippen MR) is 190 cm³/mol. The van der Waals surface area contributed by atoms with Gasteiger partial charge in [0.15, 0.2) is 0 Å². The fourth-order valence-electron chi connectivity index (χ4n) is 6.90. The van der Waals surface area contributed by atoms with Crippen molar-refractivity contribution in [3.8, 4) is 11.1 Å². The normalized spacial score (nSPS) is 14.1. The van der Waals surface area contributed by atoms with Crippen LogP contribution in [0.1, 0.15) is 12.8 Å². The highest BCUT2D eigenvalue weighted by atomic mass is 31.1. The molecule has 2 heterocycles. The predicted octanol–water partition coefficient (Wildman–Crippen LogP) is 10.3. The number of hydrogen-bond donors (Lipinski definition) is 0. The second-order valence-corrected chi connectivity index (χ2v) is 13.7. The van der Waals surface area contributed by atoms with E-state index < -0.39 is 7.92 Å². The lowest BCUT2D eigenvalue weighted by molar-refractivity contribution is 1.03. The summed E-state index contributed by atoms with van der Waals surface area (Å²) in [7, 11) is -0.589. The molecule has 0 amide bonds. The first-order chi connectivity index (χ1) is 21.8. The van der Waals surface area contributed by atoms with E-state index in [1.54, 1.807) is 0 Å². The van der Waals surface area contributed by atoms with E-state index in [2.05, 4.69) is 156 Å². The Labute approximate surface area is 257 Å². The lowest BCUT2D eigenvalue weighted by Gasteiger charge is -2.22. The van der Waals surface area contributed by atoms with E-state index in [0.29, 0.717) is 0 Å². The maximum absolute atomic E-state index is 5.13. The Hall–Kier alpha value is -5.04. The largest absolute Gasteiger partial charge is 0.292 e. The third-order valence-electron chi connectivity index (χ3n) is 8.94. The van der Waals surface area contributed by atoms with Crippen LogP contribution in [0.2, 0.25) is 0 Å². The molecule has 208 valence electrons. The summed E-state index contributed by atoms with van der Waals surface area (Å²) >= 11 is 0. The summed E-state index contributed by atoms with van der Waals surface area (Å²) in [6.07, 6.45) is 9.36. The van der Waals surface area contributed by atoms with Crippen LogP contribution in [0.25, 0.3) is 60.3 Å². The van der Waals surface area contributed by atoms with Crippen LogP contribution in [0.15, 0.2) is 157 Å². The Balaban J connectivity index is 1.25. The van der Waals surface area contributed by atoms with Gasteiger partial charge in [-0.1, -0.05) is 121 Å². The summed E-state index contributed by atoms with van der Waals surface area (Å²) in [6, 6.07) is 48.9. The van der Waals surface area contributed by atoms with Crippen molar-refractivity contribution in [1.29, 1.82) is 0 Å². The molecule has 1 aliphatic rings. The molecule has 9 rings (SSSR count). The van der Waals surface area contributed by atoms with Crippen LogP contribution in [-0.2, 0) is 0 Å². The highest BCUT2D eigenvalue weighted by molar-refractivity contribution is 7.77. The Bertz CT molecular complexity index is 2430. The molecule has 44 heavy (non-hydrogen) atoms. The molecule has 1 aliphatic carbocycles. The molecular weight excluding hydrogens is 551 g/mol. The fraction of sp³-hybridized carbons (Fsp3) is 0.0488. The number of pyridine rings is 1. The minimum Gasteiger partial charge on any atom is -0.292 e. The number of aromatic nitrogens is 2. The summed E-state index contributed by atoms with van der Waals surface area (Å²) in [5.41, 5.74) is 6.81. The first kappa shape index (κ1) is 25.5. The minimum atomic E-state index is -0.589. The van der Waals surface area contributed by atoms with Gasteiger partial charge in [-0.25, -0.2) is 4.98 Å². The van der Waals surface area contributed by atoms with Crippen molar-refractivity contribution in [2.75, 3.05) is 0 Å². The van der Waals surface area contributed by atoms with Crippen LogP contribution < -0.4 is 10.6 Å². The molecule has 1 atom stereocenters. The van der Waals surface area contributed by atoms with Crippen molar-refractivity contribution >= 4 is 67.7 Å². The smallest absolute Gasteiger partial charge is 0.146 e. The molecule has 2 nitrogen and oxygen atoms in total. The Morgan fingerprint density at radius 1 is 0.568 bits per heavy atom. The van der Waals surface area contributed by atoms with Crippen LogP contribution in [-0.4, -0.2) is 9.38 Å². The summed E-state index contributed by atoms with van der Waals surface area (Å²) in [5.74, 6) is 0. The topological polar surface area (TPSA) is 17.3 Å². The van der Waals surface area contributed by atoms with E-state index >= 15 is 0 Å². The zero-order valence-electron chi connectivity index (χ0n) is 24.2. The molecule has 1 unspecified atom stereocenters. The van der Waals surface area contributed by atoms with E-state index in [0.717, 1.165) is 29.5 Å². The summed E-state index contributed by atoms with van der Waals surface area (Å²) in [5, 5.41) is 10.4. The number of imidazole rings is 1. The first-order valence-electron chi connectivity index (χ1n) is 15.3. The average molecular weight is 581 g/mol. The van der Waals surface area contributed by atoms with E-state index in [9.17, 15) is 0 Å². The van der Waals surface area contributed by atoms with Gasteiger partial charge in [-0.05, 0) is 88.9 Å². The number of rotatable bonds is 4. The highest BCUT2D eigenvalue weighted by Gasteiger charge is 2.19. The van der Waals surface area contributed by atoms with Crippen LogP contribution in [0.3, 0.4) is 0 Å². The molecule has 2 aromatic heterocycles. The lowest BCUT2D eigenvalue weighted by atomic mass is 9.96. The van der Waals surface area contributed by atoms with Crippen molar-refractivity contribution in [1.82, 2.24) is 9.38 Å². The molecule has 8 aromatic rings. The Kier molecular flexibility index (Phi) is 5.96. The number of benzene rings is 6. The third-order valence-corrected chi connectivity index (χ3v) is 11.4. The molecule has 0 aliphatic heterocycles. The van der Waals surface area contributed by atoms with Gasteiger partial charge in [0.1, 0.15) is 5.65 Å². The quantitative estimate of drug-likeness (QED) is 0.150. The van der Waals surface area contributed by atoms with Gasteiger partial charge in [0.05, 0.1) is 16.6 Å². The van der Waals surface area contributed by atoms with E-state index in [1.165, 1.54) is 59.5 Å². The zero-order valence-corrected chi connectivity index (χ0v) is 25.1. The maximum Gasteiger partial charge on any atom is 0.146 e. The van der Waals surface area contributed by atoms with Gasteiger partial charge in [0.2, 0.25) is 0 Å². The molecule has 6 aromatic carbocycles. The second-order valence-electron chi connectivity index (χ2n) is 11.5. The molecular formula is C41H29N2P. The number of fused-ring (bicyclic) bond motifs is 10. The highest BCUT2D eigenvalue weighted by Crippen LogP contribution is 2.45. The van der Waals surface area contributed by atoms with Gasteiger partial charge in [-0.2, -0.15) is 0 Å². The minimum absolute atomic E-state index is 0.589. The Morgan fingerprint density at radius 2 is 1.34 bits per heavy atom. The van der Waals surface area contributed by atoms with Crippen molar-refractivity contribution in [3.05, 3.63) is 157 Å². The molecule has 0 radical (unpaired) electrons. The lowest BCUT2D eigenvalue weighted by Crippen LogP contribution is -2.13. The van der Waals surface area contributed by atoms with Crippen molar-refractivity contribution < 1.29 is 0 Å². The Morgan fingerprint density at radius 3 is 2.20 bits per heavy atom.